The fourth-order valence-electron chi connectivity index (χ4n) is 1.62. The molecule has 19 heavy (non-hydrogen) atoms. The van der Waals surface area contributed by atoms with Crippen molar-refractivity contribution in [1.82, 2.24) is 0 Å². The smallest absolute Gasteiger partial charge is 0 e. The average molecular weight is 477 g/mol. The SMILES string of the molecule is C[N-]c1ccc(Cc2ccc([NH-])cc2)cc1.[Y].[Y].[Y]. The van der Waals surface area contributed by atoms with Crippen LogP contribution in [0.1, 0.15) is 11.1 Å². The first-order valence-corrected chi connectivity index (χ1v) is 5.27. The minimum atomic E-state index is 0. The molecule has 0 spiro atoms. The first kappa shape index (κ1) is 22.6. The fraction of sp³-hybridized carbons (Fsp3) is 0.143. The Labute approximate surface area is 190 Å². The number of nitrogens with one attached hydrogen (secondary N) is 1. The van der Waals surface area contributed by atoms with Crippen molar-refractivity contribution in [1.29, 1.82) is 0 Å². The fourth-order valence-corrected chi connectivity index (χ4v) is 1.62. The molecule has 2 aromatic carbocycles. The molecule has 5 heteroatoms. The van der Waals surface area contributed by atoms with Gasteiger partial charge in [-0.3, -0.25) is 0 Å². The maximum absolute atomic E-state index is 7.41. The summed E-state index contributed by atoms with van der Waals surface area (Å²) >= 11 is 0. The third kappa shape index (κ3) is 7.79. The maximum atomic E-state index is 7.41. The molecule has 0 fully saturated rings. The number of nitrogens with zero attached hydrogens (tertiary/aromatic N) is 1. The Balaban J connectivity index is 0. The van der Waals surface area contributed by atoms with Crippen molar-refractivity contribution in [2.45, 2.75) is 6.42 Å². The van der Waals surface area contributed by atoms with E-state index in [4.69, 9.17) is 5.73 Å². The molecule has 0 heterocycles. The van der Waals surface area contributed by atoms with E-state index in [-0.39, 0.29) is 98.1 Å². The largest absolute Gasteiger partial charge is 0.699 e. The van der Waals surface area contributed by atoms with E-state index in [1.54, 1.807) is 7.05 Å². The van der Waals surface area contributed by atoms with Crippen molar-refractivity contribution in [2.75, 3.05) is 7.05 Å². The van der Waals surface area contributed by atoms with Crippen molar-refractivity contribution in [3.8, 4) is 0 Å². The van der Waals surface area contributed by atoms with E-state index in [0.29, 0.717) is 5.69 Å². The molecule has 0 bridgehead atoms. The van der Waals surface area contributed by atoms with Crippen molar-refractivity contribution in [2.24, 2.45) is 0 Å². The van der Waals surface area contributed by atoms with Crippen molar-refractivity contribution in [3.05, 3.63) is 70.7 Å². The Bertz CT molecular complexity index is 455. The van der Waals surface area contributed by atoms with Gasteiger partial charge < -0.3 is 11.1 Å². The molecule has 0 saturated carbocycles. The Morgan fingerprint density at radius 1 is 0.789 bits per heavy atom. The molecule has 0 aliphatic rings. The van der Waals surface area contributed by atoms with Crippen LogP contribution < -0.4 is 0 Å². The molecule has 3 radical (unpaired) electrons. The zero-order valence-electron chi connectivity index (χ0n) is 11.0. The van der Waals surface area contributed by atoms with Crippen LogP contribution in [0.5, 0.6) is 0 Å². The van der Waals surface area contributed by atoms with Crippen LogP contribution in [0.15, 0.2) is 48.5 Å². The summed E-state index contributed by atoms with van der Waals surface area (Å²) in [5.74, 6) is 0. The maximum Gasteiger partial charge on any atom is 0 e. The molecular formula is C14H14N2Y3-2. The molecule has 0 amide bonds. The molecule has 0 aliphatic heterocycles. The summed E-state index contributed by atoms with van der Waals surface area (Å²) in [7, 11) is 1.79. The second-order valence-corrected chi connectivity index (χ2v) is 3.76. The molecule has 0 unspecified atom stereocenters. The van der Waals surface area contributed by atoms with E-state index < -0.39 is 0 Å². The number of hydrogen-bond acceptors (Lipinski definition) is 0. The van der Waals surface area contributed by atoms with Crippen molar-refractivity contribution in [3.63, 3.8) is 0 Å². The van der Waals surface area contributed by atoms with Crippen molar-refractivity contribution >= 4 is 11.4 Å². The third-order valence-corrected chi connectivity index (χ3v) is 2.56. The first-order chi connectivity index (χ1) is 7.78. The van der Waals surface area contributed by atoms with Gasteiger partial charge in [-0.1, -0.05) is 48.5 Å². The number of rotatable bonds is 3. The molecule has 2 rings (SSSR count). The quantitative estimate of drug-likeness (QED) is 0.621. The molecule has 2 nitrogen and oxygen atoms in total. The number of hydrogen-bond donors (Lipinski definition) is 0. The van der Waals surface area contributed by atoms with Gasteiger partial charge in [-0.2, -0.15) is 0 Å². The van der Waals surface area contributed by atoms with E-state index >= 15 is 0 Å². The molecule has 0 aromatic heterocycles. The summed E-state index contributed by atoms with van der Waals surface area (Å²) in [5, 5.41) is 4.11. The Morgan fingerprint density at radius 3 is 1.63 bits per heavy atom. The summed E-state index contributed by atoms with van der Waals surface area (Å²) in [6.45, 7) is 0. The van der Waals surface area contributed by atoms with Crippen LogP contribution in [-0.2, 0) is 105 Å². The van der Waals surface area contributed by atoms with Crippen LogP contribution in [0, 0.1) is 0 Å². The van der Waals surface area contributed by atoms with Crippen LogP contribution in [0.25, 0.3) is 11.1 Å². The van der Waals surface area contributed by atoms with Gasteiger partial charge in [0.15, 0.2) is 0 Å². The van der Waals surface area contributed by atoms with E-state index in [1.807, 2.05) is 36.4 Å². The number of benzene rings is 2. The predicted octanol–water partition coefficient (Wildman–Crippen LogP) is 4.59. The van der Waals surface area contributed by atoms with Crippen molar-refractivity contribution < 1.29 is 98.1 Å². The zero-order valence-corrected chi connectivity index (χ0v) is 19.5. The van der Waals surface area contributed by atoms with Crippen LogP contribution in [0.3, 0.4) is 0 Å². The van der Waals surface area contributed by atoms with Crippen LogP contribution in [-0.4, -0.2) is 7.05 Å². The summed E-state index contributed by atoms with van der Waals surface area (Å²) in [4.78, 5) is 0. The van der Waals surface area contributed by atoms with E-state index in [9.17, 15) is 0 Å². The van der Waals surface area contributed by atoms with Gasteiger partial charge in [0.05, 0.1) is 0 Å². The van der Waals surface area contributed by atoms with Gasteiger partial charge in [0.1, 0.15) is 0 Å². The normalized spacial score (nSPS) is 8.47. The summed E-state index contributed by atoms with van der Waals surface area (Å²) in [6, 6.07) is 15.9. The van der Waals surface area contributed by atoms with E-state index in [1.165, 1.54) is 11.1 Å². The van der Waals surface area contributed by atoms with Crippen LogP contribution >= 0.6 is 0 Å². The second kappa shape index (κ2) is 12.0. The molecule has 1 N–H and O–H groups in total. The minimum absolute atomic E-state index is 0. The average Bonchev–Trinajstić information content (AvgIpc) is 2.33. The van der Waals surface area contributed by atoms with Gasteiger partial charge in [0.25, 0.3) is 0 Å². The summed E-state index contributed by atoms with van der Waals surface area (Å²) in [6.07, 6.45) is 0.907. The molecular weight excluding hydrogens is 463 g/mol. The van der Waals surface area contributed by atoms with Gasteiger partial charge in [-0.25, -0.2) is 0 Å². The van der Waals surface area contributed by atoms with E-state index in [2.05, 4.69) is 17.4 Å². The summed E-state index contributed by atoms with van der Waals surface area (Å²) in [5.41, 5.74) is 11.5. The Kier molecular flexibility index (Phi) is 14.2. The topological polar surface area (TPSA) is 37.9 Å². The van der Waals surface area contributed by atoms with Crippen LogP contribution in [0.2, 0.25) is 0 Å². The molecule has 0 aliphatic carbocycles. The molecule has 0 atom stereocenters. The first-order valence-electron chi connectivity index (χ1n) is 5.27. The van der Waals surface area contributed by atoms with Gasteiger partial charge in [0.2, 0.25) is 0 Å². The van der Waals surface area contributed by atoms with Gasteiger partial charge >= 0.3 is 0 Å². The van der Waals surface area contributed by atoms with Gasteiger partial charge in [-0.15, -0.1) is 18.4 Å². The monoisotopic (exact) mass is 477 g/mol. The minimum Gasteiger partial charge on any atom is -0.699 e. The molecule has 0 saturated heterocycles. The van der Waals surface area contributed by atoms with E-state index in [0.717, 1.165) is 12.1 Å². The second-order valence-electron chi connectivity index (χ2n) is 3.76. The Morgan fingerprint density at radius 2 is 1.21 bits per heavy atom. The zero-order chi connectivity index (χ0) is 11.4. The standard InChI is InChI=1S/C14H14N2.3Y/c1-16-14-8-4-12(5-9-14)10-11-2-6-13(15)7-3-11;;;/h2-9,15H,10H2,1H3;;;/q-2;;;. The molecule has 91 valence electrons. The van der Waals surface area contributed by atoms with Gasteiger partial charge in [-0.05, 0) is 17.5 Å². The van der Waals surface area contributed by atoms with Crippen LogP contribution in [0.4, 0.5) is 11.4 Å². The van der Waals surface area contributed by atoms with Gasteiger partial charge in [0, 0.05) is 98.1 Å². The predicted molar refractivity (Wildman–Crippen MR) is 68.6 cm³/mol. The third-order valence-electron chi connectivity index (χ3n) is 2.56. The Hall–Kier alpha value is 1.35. The summed E-state index contributed by atoms with van der Waals surface area (Å²) < 4.78 is 0. The molecule has 2 aromatic rings.